The van der Waals surface area contributed by atoms with E-state index in [0.717, 1.165) is 24.2 Å². The third-order valence-corrected chi connectivity index (χ3v) is 3.53. The lowest BCUT2D eigenvalue weighted by molar-refractivity contribution is 0.881. The van der Waals surface area contributed by atoms with E-state index >= 15 is 0 Å². The normalized spacial score (nSPS) is 13.4. The fraction of sp³-hybridized carbons (Fsp3) is 0.133. The molecule has 1 aliphatic rings. The van der Waals surface area contributed by atoms with E-state index in [1.54, 1.807) is 0 Å². The molecule has 4 rings (SSSR count). The maximum atomic E-state index is 4.76. The van der Waals surface area contributed by atoms with Gasteiger partial charge in [-0.25, -0.2) is 4.98 Å². The number of fused-ring (bicyclic) bond motifs is 5. The first-order valence-electron chi connectivity index (χ1n) is 5.98. The van der Waals surface area contributed by atoms with E-state index in [1.165, 1.54) is 16.8 Å². The quantitative estimate of drug-likeness (QED) is 0.569. The molecule has 2 nitrogen and oxygen atoms in total. The zero-order valence-electron chi connectivity index (χ0n) is 9.43. The average Bonchev–Trinajstić information content (AvgIpc) is 2.78. The third-order valence-electron chi connectivity index (χ3n) is 3.53. The number of nitrogens with zero attached hydrogens (tertiary/aromatic N) is 2. The van der Waals surface area contributed by atoms with Gasteiger partial charge in [-0.05, 0) is 30.5 Å². The van der Waals surface area contributed by atoms with Crippen LogP contribution in [-0.2, 0) is 12.8 Å². The second kappa shape index (κ2) is 3.20. The van der Waals surface area contributed by atoms with Crippen molar-refractivity contribution in [2.24, 2.45) is 0 Å². The van der Waals surface area contributed by atoms with Gasteiger partial charge >= 0.3 is 0 Å². The molecule has 0 saturated heterocycles. The van der Waals surface area contributed by atoms with E-state index in [4.69, 9.17) is 4.98 Å². The Hall–Kier alpha value is -2.09. The van der Waals surface area contributed by atoms with Crippen molar-refractivity contribution in [3.63, 3.8) is 0 Å². The summed E-state index contributed by atoms with van der Waals surface area (Å²) in [4.78, 5) is 4.76. The maximum absolute atomic E-state index is 4.76. The van der Waals surface area contributed by atoms with Gasteiger partial charge < -0.3 is 4.40 Å². The van der Waals surface area contributed by atoms with Crippen LogP contribution < -0.4 is 0 Å². The van der Waals surface area contributed by atoms with Crippen molar-refractivity contribution in [3.8, 4) is 11.3 Å². The summed E-state index contributed by atoms with van der Waals surface area (Å²) in [6.45, 7) is 0. The molecular formula is C15H12N2. The number of hydrogen-bond donors (Lipinski definition) is 0. The van der Waals surface area contributed by atoms with Crippen LogP contribution in [0.3, 0.4) is 0 Å². The predicted molar refractivity (Wildman–Crippen MR) is 68.0 cm³/mol. The van der Waals surface area contributed by atoms with Crippen molar-refractivity contribution < 1.29 is 0 Å². The second-order valence-electron chi connectivity index (χ2n) is 4.49. The van der Waals surface area contributed by atoms with Gasteiger partial charge in [-0.1, -0.05) is 30.3 Å². The summed E-state index contributed by atoms with van der Waals surface area (Å²) in [6.07, 6.45) is 4.30. The van der Waals surface area contributed by atoms with Crippen LogP contribution in [0.5, 0.6) is 0 Å². The largest absolute Gasteiger partial charge is 0.303 e. The van der Waals surface area contributed by atoms with E-state index in [-0.39, 0.29) is 0 Å². The molecule has 0 fully saturated rings. The highest BCUT2D eigenvalue weighted by Crippen LogP contribution is 2.32. The Bertz CT molecular complexity index is 710. The Morgan fingerprint density at radius 3 is 2.82 bits per heavy atom. The zero-order valence-corrected chi connectivity index (χ0v) is 9.43. The van der Waals surface area contributed by atoms with Gasteiger partial charge in [0.15, 0.2) is 0 Å². The third kappa shape index (κ3) is 1.18. The second-order valence-corrected chi connectivity index (χ2v) is 4.49. The first-order valence-corrected chi connectivity index (χ1v) is 5.98. The summed E-state index contributed by atoms with van der Waals surface area (Å²) in [5.41, 5.74) is 6.28. The van der Waals surface area contributed by atoms with Crippen molar-refractivity contribution in [2.45, 2.75) is 12.8 Å². The maximum Gasteiger partial charge on any atom is 0.137 e. The van der Waals surface area contributed by atoms with E-state index in [0.29, 0.717) is 0 Å². The zero-order chi connectivity index (χ0) is 11.2. The molecule has 0 aliphatic heterocycles. The van der Waals surface area contributed by atoms with Crippen molar-refractivity contribution in [1.29, 1.82) is 0 Å². The number of benzene rings is 1. The molecule has 82 valence electrons. The summed E-state index contributed by atoms with van der Waals surface area (Å²) in [5, 5.41) is 0. The summed E-state index contributed by atoms with van der Waals surface area (Å²) in [5.74, 6) is 0. The molecule has 0 radical (unpaired) electrons. The van der Waals surface area contributed by atoms with E-state index in [2.05, 4.69) is 47.0 Å². The monoisotopic (exact) mass is 220 g/mol. The summed E-state index contributed by atoms with van der Waals surface area (Å²) in [6, 6.07) is 14.8. The number of aryl methyl sites for hydroxylation is 2. The molecule has 1 aromatic carbocycles. The smallest absolute Gasteiger partial charge is 0.137 e. The lowest BCUT2D eigenvalue weighted by Crippen LogP contribution is -2.04. The number of hydrogen-bond acceptors (Lipinski definition) is 1. The average molecular weight is 220 g/mol. The van der Waals surface area contributed by atoms with Gasteiger partial charge in [0, 0.05) is 11.8 Å². The van der Waals surface area contributed by atoms with Crippen LogP contribution >= 0.6 is 0 Å². The minimum absolute atomic E-state index is 1.05. The molecule has 0 unspecified atom stereocenters. The fourth-order valence-electron chi connectivity index (χ4n) is 2.72. The van der Waals surface area contributed by atoms with Gasteiger partial charge in [-0.15, -0.1) is 0 Å². The molecule has 0 spiro atoms. The minimum atomic E-state index is 1.05. The lowest BCUT2D eigenvalue weighted by atomic mass is 9.92. The van der Waals surface area contributed by atoms with Crippen LogP contribution in [0.25, 0.3) is 16.9 Å². The molecule has 0 amide bonds. The van der Waals surface area contributed by atoms with Crippen molar-refractivity contribution in [1.82, 2.24) is 9.38 Å². The van der Waals surface area contributed by atoms with Gasteiger partial charge in [0.2, 0.25) is 0 Å². The molecule has 1 aliphatic carbocycles. The summed E-state index contributed by atoms with van der Waals surface area (Å²) >= 11 is 0. The van der Waals surface area contributed by atoms with Crippen LogP contribution in [0.2, 0.25) is 0 Å². The van der Waals surface area contributed by atoms with Crippen LogP contribution in [0.4, 0.5) is 0 Å². The van der Waals surface area contributed by atoms with Gasteiger partial charge in [-0.3, -0.25) is 0 Å². The highest BCUT2D eigenvalue weighted by atomic mass is 15.0. The number of rotatable bonds is 0. The minimum Gasteiger partial charge on any atom is -0.303 e. The van der Waals surface area contributed by atoms with E-state index in [9.17, 15) is 0 Å². The number of pyridine rings is 1. The van der Waals surface area contributed by atoms with Crippen molar-refractivity contribution in [3.05, 3.63) is 59.9 Å². The molecule has 17 heavy (non-hydrogen) atoms. The SMILES string of the molecule is c1ccc2c(c1)CCc1c-2nc2ccccn12. The van der Waals surface area contributed by atoms with E-state index < -0.39 is 0 Å². The predicted octanol–water partition coefficient (Wildman–Crippen LogP) is 3.10. The van der Waals surface area contributed by atoms with Crippen LogP contribution in [-0.4, -0.2) is 9.38 Å². The first-order chi connectivity index (χ1) is 8.43. The highest BCUT2D eigenvalue weighted by molar-refractivity contribution is 5.71. The van der Waals surface area contributed by atoms with Gasteiger partial charge in [0.1, 0.15) is 5.65 Å². The molecule has 2 aromatic heterocycles. The van der Waals surface area contributed by atoms with Crippen LogP contribution in [0, 0.1) is 0 Å². The van der Waals surface area contributed by atoms with Crippen molar-refractivity contribution >= 4 is 5.65 Å². The van der Waals surface area contributed by atoms with Crippen LogP contribution in [0.15, 0.2) is 48.7 Å². The van der Waals surface area contributed by atoms with E-state index in [1.807, 2.05) is 6.07 Å². The number of aromatic nitrogens is 2. The summed E-state index contributed by atoms with van der Waals surface area (Å²) in [7, 11) is 0. The van der Waals surface area contributed by atoms with Crippen LogP contribution in [0.1, 0.15) is 11.3 Å². The molecule has 0 saturated carbocycles. The number of imidazole rings is 1. The Morgan fingerprint density at radius 1 is 0.941 bits per heavy atom. The molecule has 2 heteroatoms. The Kier molecular flexibility index (Phi) is 1.69. The Labute approximate surface area is 99.6 Å². The standard InChI is InChI=1S/C15H12N2/c1-2-6-12-11(5-1)8-9-13-15(12)16-14-7-3-4-10-17(13)14/h1-7,10H,8-9H2. The molecule has 3 aromatic rings. The van der Waals surface area contributed by atoms with Gasteiger partial charge in [-0.2, -0.15) is 0 Å². The lowest BCUT2D eigenvalue weighted by Gasteiger charge is -2.15. The van der Waals surface area contributed by atoms with Gasteiger partial charge in [0.25, 0.3) is 0 Å². The summed E-state index contributed by atoms with van der Waals surface area (Å²) < 4.78 is 2.21. The fourth-order valence-corrected chi connectivity index (χ4v) is 2.72. The highest BCUT2D eigenvalue weighted by Gasteiger charge is 2.20. The molecule has 0 bridgehead atoms. The Balaban J connectivity index is 2.10. The van der Waals surface area contributed by atoms with Gasteiger partial charge in [0.05, 0.1) is 11.4 Å². The molecular weight excluding hydrogens is 208 g/mol. The molecule has 0 atom stereocenters. The topological polar surface area (TPSA) is 17.3 Å². The Morgan fingerprint density at radius 2 is 1.82 bits per heavy atom. The molecule has 0 N–H and O–H groups in total. The first kappa shape index (κ1) is 8.99. The molecule has 2 heterocycles. The van der Waals surface area contributed by atoms with Crippen molar-refractivity contribution in [2.75, 3.05) is 0 Å².